The Bertz CT molecular complexity index is 1910. The Morgan fingerprint density at radius 3 is 2.40 bits per heavy atom. The molecule has 12 nitrogen and oxygen atoms in total. The van der Waals surface area contributed by atoms with Crippen LogP contribution >= 0.6 is 11.8 Å². The van der Waals surface area contributed by atoms with Gasteiger partial charge in [0.2, 0.25) is 10.0 Å². The molecule has 1 aliphatic heterocycles. The van der Waals surface area contributed by atoms with Crippen LogP contribution in [0.3, 0.4) is 0 Å². The summed E-state index contributed by atoms with van der Waals surface area (Å²) in [6.07, 6.45) is 2.60. The summed E-state index contributed by atoms with van der Waals surface area (Å²) < 4.78 is 37.6. The molecule has 4 aromatic rings. The van der Waals surface area contributed by atoms with Crippen molar-refractivity contribution in [3.8, 4) is 5.75 Å². The number of amides is 1. The molecule has 48 heavy (non-hydrogen) atoms. The van der Waals surface area contributed by atoms with Crippen LogP contribution in [0.15, 0.2) is 58.7 Å². The summed E-state index contributed by atoms with van der Waals surface area (Å²) in [5, 5.41) is 3.64. The number of hydrogen-bond donors (Lipinski definition) is 2. The van der Waals surface area contributed by atoms with Crippen molar-refractivity contribution in [3.63, 3.8) is 0 Å². The zero-order valence-corrected chi connectivity index (χ0v) is 30.1. The first-order valence-electron chi connectivity index (χ1n) is 15.6. The van der Waals surface area contributed by atoms with E-state index in [2.05, 4.69) is 29.8 Å². The second-order valence-corrected chi connectivity index (χ2v) is 15.6. The van der Waals surface area contributed by atoms with Crippen LogP contribution in [0.25, 0.3) is 11.0 Å². The van der Waals surface area contributed by atoms with Crippen molar-refractivity contribution in [2.75, 3.05) is 74.7 Å². The number of hydrogen-bond acceptors (Lipinski definition) is 11. The number of carbonyl (C=O) groups is 1. The van der Waals surface area contributed by atoms with Crippen LogP contribution in [0.1, 0.15) is 42.3 Å². The van der Waals surface area contributed by atoms with Crippen LogP contribution in [0.2, 0.25) is 0 Å². The van der Waals surface area contributed by atoms with E-state index in [1.165, 1.54) is 25.2 Å². The zero-order valence-electron chi connectivity index (χ0n) is 28.5. The summed E-state index contributed by atoms with van der Waals surface area (Å²) in [7, 11) is -0.451. The number of sulfonamides is 1. The highest BCUT2D eigenvalue weighted by atomic mass is 32.2. The van der Waals surface area contributed by atoms with E-state index in [9.17, 15) is 13.2 Å². The molecule has 1 fully saturated rings. The maximum Gasteiger partial charge on any atom is 0.255 e. The highest BCUT2D eigenvalue weighted by Gasteiger charge is 2.23. The minimum Gasteiger partial charge on any atom is -0.492 e. The van der Waals surface area contributed by atoms with Crippen molar-refractivity contribution in [1.29, 1.82) is 0 Å². The van der Waals surface area contributed by atoms with E-state index in [0.29, 0.717) is 21.8 Å². The van der Waals surface area contributed by atoms with E-state index in [1.807, 2.05) is 58.0 Å². The Balaban J connectivity index is 1.41. The van der Waals surface area contributed by atoms with Crippen LogP contribution in [0, 0.1) is 6.92 Å². The fourth-order valence-corrected chi connectivity index (χ4v) is 6.90. The highest BCUT2D eigenvalue weighted by molar-refractivity contribution is 7.99. The number of methoxy groups -OCH3 is 2. The van der Waals surface area contributed by atoms with Crippen LogP contribution in [0.4, 0.5) is 17.2 Å². The van der Waals surface area contributed by atoms with Gasteiger partial charge >= 0.3 is 0 Å². The number of rotatable bonds is 11. The lowest BCUT2D eigenvalue weighted by Gasteiger charge is -2.35. The molecule has 0 saturated carbocycles. The molecule has 2 aromatic heterocycles. The summed E-state index contributed by atoms with van der Waals surface area (Å²) in [5.74, 6) is 0.727. The number of ether oxygens (including phenoxy) is 2. The van der Waals surface area contributed by atoms with Gasteiger partial charge in [0.1, 0.15) is 22.7 Å². The molecule has 3 heterocycles. The number of nitrogens with one attached hydrogen (secondary N) is 2. The average Bonchev–Trinajstić information content (AvgIpc) is 3.03. The van der Waals surface area contributed by atoms with Gasteiger partial charge in [-0.2, -0.15) is 0 Å². The van der Waals surface area contributed by atoms with Crippen molar-refractivity contribution >= 4 is 55.9 Å². The fraction of sp³-hybridized carbons (Fsp3) is 0.412. The summed E-state index contributed by atoms with van der Waals surface area (Å²) in [4.78, 5) is 33.3. The van der Waals surface area contributed by atoms with Crippen molar-refractivity contribution in [1.82, 2.24) is 19.9 Å². The van der Waals surface area contributed by atoms with Gasteiger partial charge in [-0.1, -0.05) is 38.6 Å². The van der Waals surface area contributed by atoms with E-state index in [-0.39, 0.29) is 22.8 Å². The molecule has 5 rings (SSSR count). The number of piperazine rings is 1. The molecule has 0 atom stereocenters. The predicted molar refractivity (Wildman–Crippen MR) is 191 cm³/mol. The van der Waals surface area contributed by atoms with Crippen LogP contribution in [-0.2, 0) is 20.2 Å². The molecular formula is C34H43N7O5S2. The largest absolute Gasteiger partial charge is 0.492 e. The lowest BCUT2D eigenvalue weighted by atomic mass is 9.86. The second-order valence-electron chi connectivity index (χ2n) is 12.8. The van der Waals surface area contributed by atoms with Gasteiger partial charge in [0.25, 0.3) is 5.91 Å². The van der Waals surface area contributed by atoms with Crippen molar-refractivity contribution < 1.29 is 22.7 Å². The summed E-state index contributed by atoms with van der Waals surface area (Å²) in [6, 6.07) is 13.0. The Hall–Kier alpha value is -3.98. The van der Waals surface area contributed by atoms with E-state index < -0.39 is 10.0 Å². The van der Waals surface area contributed by atoms with Gasteiger partial charge < -0.3 is 19.7 Å². The maximum atomic E-state index is 13.7. The Labute approximate surface area is 286 Å². The monoisotopic (exact) mass is 693 g/mol. The van der Waals surface area contributed by atoms with Crippen molar-refractivity contribution in [2.24, 2.45) is 0 Å². The first-order valence-corrected chi connectivity index (χ1v) is 18.3. The van der Waals surface area contributed by atoms with Gasteiger partial charge in [-0.25, -0.2) is 23.4 Å². The number of aromatic nitrogens is 3. The number of benzene rings is 2. The van der Waals surface area contributed by atoms with E-state index >= 15 is 0 Å². The number of nitrogens with zero attached hydrogens (tertiary/aromatic N) is 5. The topological polar surface area (TPSA) is 139 Å². The summed E-state index contributed by atoms with van der Waals surface area (Å²) in [5.41, 5.74) is 3.92. The Morgan fingerprint density at radius 1 is 1.00 bits per heavy atom. The minimum absolute atomic E-state index is 0.217. The molecule has 2 aromatic carbocycles. The lowest BCUT2D eigenvalue weighted by Crippen LogP contribution is -2.47. The molecule has 1 amide bonds. The third kappa shape index (κ3) is 8.53. The third-order valence-electron chi connectivity index (χ3n) is 8.10. The lowest BCUT2D eigenvalue weighted by molar-refractivity contribution is 0.102. The number of carbonyl (C=O) groups excluding carboxylic acids is 1. The molecule has 0 unspecified atom stereocenters. The van der Waals surface area contributed by atoms with E-state index in [1.54, 1.807) is 19.2 Å². The highest BCUT2D eigenvalue weighted by Crippen LogP contribution is 2.40. The molecule has 0 spiro atoms. The van der Waals surface area contributed by atoms with Crippen LogP contribution in [-0.4, -0.2) is 94.0 Å². The smallest absolute Gasteiger partial charge is 0.255 e. The average molecular weight is 694 g/mol. The molecule has 2 N–H and O–H groups in total. The fourth-order valence-electron chi connectivity index (χ4n) is 5.38. The summed E-state index contributed by atoms with van der Waals surface area (Å²) in [6.45, 7) is 13.2. The first-order chi connectivity index (χ1) is 22.8. The molecular weight excluding hydrogens is 651 g/mol. The zero-order chi connectivity index (χ0) is 34.6. The van der Waals surface area contributed by atoms with Crippen LogP contribution < -0.4 is 19.7 Å². The normalized spacial score (nSPS) is 14.3. The third-order valence-corrected chi connectivity index (χ3v) is 9.84. The standard InChI is InChI=1S/C34H43N7O5S2/c1-22-8-9-23(32(42)37-26-19-24(34(2,3)4)20-27(31(26)46-6)39-48(7,43)44)18-28(22)47-33-30-25(35-21-36-33)10-11-29(38-30)41-14-12-40(13-15-41)16-17-45-5/h8-11,18-21,39H,12-17H2,1-7H3,(H,37,42). The maximum absolute atomic E-state index is 13.7. The Morgan fingerprint density at radius 2 is 1.73 bits per heavy atom. The molecule has 0 radical (unpaired) electrons. The predicted octanol–water partition coefficient (Wildman–Crippen LogP) is 5.18. The van der Waals surface area contributed by atoms with Gasteiger partial charge in [-0.3, -0.25) is 14.4 Å². The number of aryl methyl sites for hydroxylation is 1. The molecule has 256 valence electrons. The quantitative estimate of drug-likeness (QED) is 0.201. The molecule has 0 bridgehead atoms. The van der Waals surface area contributed by atoms with Gasteiger partial charge in [-0.15, -0.1) is 0 Å². The molecule has 1 saturated heterocycles. The van der Waals surface area contributed by atoms with E-state index in [4.69, 9.17) is 14.5 Å². The number of pyridine rings is 1. The van der Waals surface area contributed by atoms with Gasteiger partial charge in [0, 0.05) is 50.3 Å². The van der Waals surface area contributed by atoms with Gasteiger partial charge in [0.15, 0.2) is 5.75 Å². The number of fused-ring (bicyclic) bond motifs is 1. The molecule has 14 heteroatoms. The van der Waals surface area contributed by atoms with Gasteiger partial charge in [0.05, 0.1) is 36.9 Å². The second kappa shape index (κ2) is 14.6. The summed E-state index contributed by atoms with van der Waals surface area (Å²) >= 11 is 1.43. The van der Waals surface area contributed by atoms with Gasteiger partial charge in [-0.05, 0) is 59.9 Å². The SMILES string of the molecule is COCCN1CCN(c2ccc3ncnc(Sc4cc(C(=O)Nc5cc(C(C)(C)C)cc(NS(C)(=O)=O)c5OC)ccc4C)c3n2)CC1. The van der Waals surface area contributed by atoms with E-state index in [0.717, 1.165) is 72.9 Å². The first kappa shape index (κ1) is 35.3. The minimum atomic E-state index is -3.61. The number of anilines is 3. The van der Waals surface area contributed by atoms with Crippen LogP contribution in [0.5, 0.6) is 5.75 Å². The Kier molecular flexibility index (Phi) is 10.8. The van der Waals surface area contributed by atoms with Crippen molar-refractivity contribution in [2.45, 2.75) is 43.0 Å². The van der Waals surface area contributed by atoms with Crippen molar-refractivity contribution in [3.05, 3.63) is 65.5 Å². The molecule has 1 aliphatic rings. The molecule has 0 aliphatic carbocycles.